The summed E-state index contributed by atoms with van der Waals surface area (Å²) in [5.74, 6) is 0.595. The van der Waals surface area contributed by atoms with Crippen LogP contribution >= 0.6 is 11.8 Å². The van der Waals surface area contributed by atoms with Crippen LogP contribution in [-0.4, -0.2) is 28.2 Å². The number of anilines is 1. The van der Waals surface area contributed by atoms with Crippen molar-refractivity contribution in [3.8, 4) is 5.75 Å². The quantitative estimate of drug-likeness (QED) is 0.594. The molecular weight excluding hydrogens is 326 g/mol. The molecule has 0 spiro atoms. The van der Waals surface area contributed by atoms with Crippen molar-refractivity contribution >= 4 is 23.4 Å². The van der Waals surface area contributed by atoms with Gasteiger partial charge in [-0.2, -0.15) is 0 Å². The number of carbonyl (C=O) groups is 1. The van der Waals surface area contributed by atoms with E-state index in [4.69, 9.17) is 4.74 Å². The molecule has 0 bridgehead atoms. The van der Waals surface area contributed by atoms with E-state index in [0.717, 1.165) is 5.69 Å². The number of hydrogen-bond acceptors (Lipinski definition) is 5. The lowest BCUT2D eigenvalue weighted by Gasteiger charge is -2.11. The van der Waals surface area contributed by atoms with E-state index in [1.165, 1.54) is 11.8 Å². The molecule has 0 radical (unpaired) electrons. The largest absolute Gasteiger partial charge is 0.492 e. The molecule has 0 saturated carbocycles. The van der Waals surface area contributed by atoms with Gasteiger partial charge in [-0.3, -0.25) is 9.59 Å². The number of aromatic amines is 1. The fourth-order valence-corrected chi connectivity index (χ4v) is 2.82. The molecule has 0 saturated heterocycles. The zero-order valence-corrected chi connectivity index (χ0v) is 14.8. The van der Waals surface area contributed by atoms with Gasteiger partial charge in [0.25, 0.3) is 5.56 Å². The maximum atomic E-state index is 12.1. The van der Waals surface area contributed by atoms with E-state index in [2.05, 4.69) is 15.3 Å². The molecule has 0 unspecified atom stereocenters. The molecule has 128 valence electrons. The monoisotopic (exact) mass is 347 g/mol. The highest BCUT2D eigenvalue weighted by atomic mass is 32.2. The Morgan fingerprint density at radius 1 is 1.33 bits per heavy atom. The normalized spacial score (nSPS) is 10.5. The molecule has 2 N–H and O–H groups in total. The number of hydrogen-bond donors (Lipinski definition) is 2. The number of aryl methyl sites for hydroxylation is 1. The number of nitrogens with zero attached hydrogens (tertiary/aromatic N) is 1. The van der Waals surface area contributed by atoms with Crippen LogP contribution in [0.3, 0.4) is 0 Å². The number of carbonyl (C=O) groups excluding carboxylic acids is 1. The zero-order valence-electron chi connectivity index (χ0n) is 14.0. The Hall–Kier alpha value is -2.28. The van der Waals surface area contributed by atoms with Crippen LogP contribution < -0.4 is 15.6 Å². The number of H-pyrrole nitrogens is 1. The molecule has 0 aliphatic rings. The van der Waals surface area contributed by atoms with E-state index < -0.39 is 0 Å². The van der Waals surface area contributed by atoms with Gasteiger partial charge in [-0.25, -0.2) is 4.98 Å². The van der Waals surface area contributed by atoms with Gasteiger partial charge in [-0.05, 0) is 32.4 Å². The minimum atomic E-state index is -0.187. The summed E-state index contributed by atoms with van der Waals surface area (Å²) in [5.41, 5.74) is 1.84. The Kier molecular flexibility index (Phi) is 6.43. The zero-order chi connectivity index (χ0) is 17.5. The van der Waals surface area contributed by atoms with E-state index in [1.54, 1.807) is 19.1 Å². The molecule has 6 nitrogen and oxygen atoms in total. The predicted molar refractivity (Wildman–Crippen MR) is 95.9 cm³/mol. The highest BCUT2D eigenvalue weighted by Gasteiger charge is 2.11. The third kappa shape index (κ3) is 4.61. The van der Waals surface area contributed by atoms with Crippen molar-refractivity contribution < 1.29 is 9.53 Å². The average molecular weight is 347 g/mol. The van der Waals surface area contributed by atoms with Crippen molar-refractivity contribution in [3.63, 3.8) is 0 Å². The number of ether oxygens (including phenoxy) is 1. The fourth-order valence-electron chi connectivity index (χ4n) is 2.14. The molecule has 0 fully saturated rings. The molecule has 0 atom stereocenters. The smallest absolute Gasteiger partial charge is 0.254 e. The van der Waals surface area contributed by atoms with Gasteiger partial charge in [-0.1, -0.05) is 30.8 Å². The fraction of sp³-hybridized carbons (Fsp3) is 0.353. The number of para-hydroxylation sites is 2. The van der Waals surface area contributed by atoms with Crippen LogP contribution in [0.5, 0.6) is 5.75 Å². The van der Waals surface area contributed by atoms with Crippen molar-refractivity contribution in [2.75, 3.05) is 17.7 Å². The third-order valence-corrected chi connectivity index (χ3v) is 4.24. The number of amides is 1. The first-order chi connectivity index (χ1) is 11.5. The number of thioether (sulfide) groups is 1. The lowest BCUT2D eigenvalue weighted by atomic mass is 10.2. The summed E-state index contributed by atoms with van der Waals surface area (Å²) in [6, 6.07) is 7.27. The maximum Gasteiger partial charge on any atom is 0.254 e. The standard InChI is InChI=1S/C17H21N3O3S/c1-4-12-11(3)16(22)20-17(19-12)24-10-15(21)18-13-8-6-7-9-14(13)23-5-2/h6-9H,4-5,10H2,1-3H3,(H,18,21)(H,19,20,22). The van der Waals surface area contributed by atoms with Gasteiger partial charge in [-0.15, -0.1) is 0 Å². The van der Waals surface area contributed by atoms with E-state index in [0.29, 0.717) is 35.2 Å². The van der Waals surface area contributed by atoms with Crippen LogP contribution in [0.15, 0.2) is 34.2 Å². The average Bonchev–Trinajstić information content (AvgIpc) is 2.58. The number of rotatable bonds is 7. The Morgan fingerprint density at radius 2 is 2.08 bits per heavy atom. The maximum absolute atomic E-state index is 12.1. The second-order valence-electron chi connectivity index (χ2n) is 5.06. The molecule has 7 heteroatoms. The van der Waals surface area contributed by atoms with Crippen LogP contribution in [0.2, 0.25) is 0 Å². The summed E-state index contributed by atoms with van der Waals surface area (Å²) in [6.45, 7) is 6.10. The van der Waals surface area contributed by atoms with Crippen molar-refractivity contribution in [2.45, 2.75) is 32.3 Å². The molecule has 0 aliphatic carbocycles. The van der Waals surface area contributed by atoms with E-state index in [9.17, 15) is 9.59 Å². The summed E-state index contributed by atoms with van der Waals surface area (Å²) in [6.07, 6.45) is 0.678. The van der Waals surface area contributed by atoms with Gasteiger partial charge >= 0.3 is 0 Å². The summed E-state index contributed by atoms with van der Waals surface area (Å²) in [5, 5.41) is 3.27. The molecule has 1 amide bonds. The van der Waals surface area contributed by atoms with Crippen molar-refractivity contribution in [1.29, 1.82) is 0 Å². The Morgan fingerprint density at radius 3 is 2.79 bits per heavy atom. The van der Waals surface area contributed by atoms with E-state index in [1.807, 2.05) is 26.0 Å². The second-order valence-corrected chi connectivity index (χ2v) is 6.03. The first-order valence-electron chi connectivity index (χ1n) is 7.79. The lowest BCUT2D eigenvalue weighted by molar-refractivity contribution is -0.113. The third-order valence-electron chi connectivity index (χ3n) is 3.37. The van der Waals surface area contributed by atoms with Crippen molar-refractivity contribution in [2.24, 2.45) is 0 Å². The summed E-state index contributed by atoms with van der Waals surface area (Å²) >= 11 is 1.20. The summed E-state index contributed by atoms with van der Waals surface area (Å²) in [7, 11) is 0. The topological polar surface area (TPSA) is 84.1 Å². The Labute approximate surface area is 145 Å². The number of nitrogens with one attached hydrogen (secondary N) is 2. The van der Waals surface area contributed by atoms with Crippen LogP contribution in [0.4, 0.5) is 5.69 Å². The molecule has 1 heterocycles. The lowest BCUT2D eigenvalue weighted by Crippen LogP contribution is -2.18. The SMILES string of the molecule is CCOc1ccccc1NC(=O)CSc1nc(CC)c(C)c(=O)[nH]1. The number of aromatic nitrogens is 2. The van der Waals surface area contributed by atoms with Gasteiger partial charge in [0.2, 0.25) is 5.91 Å². The summed E-state index contributed by atoms with van der Waals surface area (Å²) < 4.78 is 5.48. The molecule has 1 aromatic heterocycles. The molecule has 2 aromatic rings. The van der Waals surface area contributed by atoms with Crippen LogP contribution in [0.25, 0.3) is 0 Å². The van der Waals surface area contributed by atoms with Gasteiger partial charge in [0.05, 0.1) is 23.7 Å². The second kappa shape index (κ2) is 8.54. The Bertz CT molecular complexity index is 774. The first-order valence-corrected chi connectivity index (χ1v) is 8.78. The highest BCUT2D eigenvalue weighted by molar-refractivity contribution is 7.99. The van der Waals surface area contributed by atoms with Crippen molar-refractivity contribution in [3.05, 3.63) is 45.9 Å². The van der Waals surface area contributed by atoms with E-state index in [-0.39, 0.29) is 17.2 Å². The molecule has 1 aromatic carbocycles. The summed E-state index contributed by atoms with van der Waals surface area (Å²) in [4.78, 5) is 31.1. The van der Waals surface area contributed by atoms with Crippen LogP contribution in [-0.2, 0) is 11.2 Å². The van der Waals surface area contributed by atoms with Gasteiger partial charge < -0.3 is 15.0 Å². The van der Waals surface area contributed by atoms with Gasteiger partial charge in [0, 0.05) is 5.56 Å². The molecule has 24 heavy (non-hydrogen) atoms. The molecule has 0 aliphatic heterocycles. The molecule has 2 rings (SSSR count). The Balaban J connectivity index is 2.02. The highest BCUT2D eigenvalue weighted by Crippen LogP contribution is 2.24. The molecular formula is C17H21N3O3S. The van der Waals surface area contributed by atoms with Crippen LogP contribution in [0, 0.1) is 6.92 Å². The van der Waals surface area contributed by atoms with Crippen molar-refractivity contribution in [1.82, 2.24) is 9.97 Å². The first kappa shape index (κ1) is 18.1. The van der Waals surface area contributed by atoms with Gasteiger partial charge in [0.15, 0.2) is 5.16 Å². The van der Waals surface area contributed by atoms with E-state index >= 15 is 0 Å². The van der Waals surface area contributed by atoms with Crippen LogP contribution in [0.1, 0.15) is 25.1 Å². The predicted octanol–water partition coefficient (Wildman–Crippen LogP) is 2.77. The minimum Gasteiger partial charge on any atom is -0.492 e. The van der Waals surface area contributed by atoms with Gasteiger partial charge in [0.1, 0.15) is 5.75 Å². The number of benzene rings is 1. The minimum absolute atomic E-state index is 0.148.